The average Bonchev–Trinajstić information content (AvgIpc) is 3.47. The number of morpholine rings is 1. The van der Waals surface area contributed by atoms with Crippen molar-refractivity contribution in [1.82, 2.24) is 15.2 Å². The first-order chi connectivity index (χ1) is 18.8. The van der Waals surface area contributed by atoms with Crippen LogP contribution in [0.1, 0.15) is 36.9 Å². The van der Waals surface area contributed by atoms with E-state index in [1.165, 1.54) is 11.3 Å². The van der Waals surface area contributed by atoms with Crippen molar-refractivity contribution in [3.63, 3.8) is 0 Å². The van der Waals surface area contributed by atoms with Crippen LogP contribution in [0.3, 0.4) is 0 Å². The molecule has 4 rings (SSSR count). The number of ether oxygens (including phenoxy) is 3. The van der Waals surface area contributed by atoms with E-state index in [0.717, 1.165) is 0 Å². The van der Waals surface area contributed by atoms with Gasteiger partial charge in [-0.25, -0.2) is 9.78 Å². The van der Waals surface area contributed by atoms with Crippen LogP contribution in [0, 0.1) is 0 Å². The summed E-state index contributed by atoms with van der Waals surface area (Å²) in [4.78, 5) is 37.0. The molecule has 1 fully saturated rings. The first kappa shape index (κ1) is 29.4. The number of rotatable bonds is 10. The van der Waals surface area contributed by atoms with Gasteiger partial charge in [0, 0.05) is 46.0 Å². The van der Waals surface area contributed by atoms with Crippen LogP contribution in [0.4, 0.5) is 0 Å². The molecule has 0 aliphatic carbocycles. The third kappa shape index (κ3) is 7.16. The summed E-state index contributed by atoms with van der Waals surface area (Å²) < 4.78 is 16.6. The lowest BCUT2D eigenvalue weighted by Gasteiger charge is -2.37. The minimum Gasteiger partial charge on any atom is -0.463 e. The molecule has 3 N–H and O–H groups in total. The molecule has 39 heavy (non-hydrogen) atoms. The SMILES string of the molecule is CCOC(=O)C1=C(CN2CCOCC2COC(=O)C(N)CC)NC(c2nccs2)=NC1c1ccc(Cl)cc1Cl. The number of thiazole rings is 1. The maximum Gasteiger partial charge on any atom is 0.338 e. The summed E-state index contributed by atoms with van der Waals surface area (Å²) >= 11 is 14.2. The fraction of sp³-hybridized carbons (Fsp3) is 0.462. The molecule has 1 saturated heterocycles. The van der Waals surface area contributed by atoms with E-state index in [9.17, 15) is 9.59 Å². The summed E-state index contributed by atoms with van der Waals surface area (Å²) in [5.74, 6) is -0.460. The Kier molecular flexibility index (Phi) is 10.3. The lowest BCUT2D eigenvalue weighted by Crippen LogP contribution is -2.51. The molecule has 1 aromatic heterocycles. The molecule has 2 aliphatic heterocycles. The minimum atomic E-state index is -0.760. The highest BCUT2D eigenvalue weighted by molar-refractivity contribution is 7.11. The van der Waals surface area contributed by atoms with E-state index in [-0.39, 0.29) is 19.3 Å². The number of halogens is 2. The van der Waals surface area contributed by atoms with Gasteiger partial charge in [0.15, 0.2) is 10.8 Å². The Hall–Kier alpha value is -2.54. The number of carbonyl (C=O) groups excluding carboxylic acids is 2. The highest BCUT2D eigenvalue weighted by atomic mass is 35.5. The molecule has 3 atom stereocenters. The van der Waals surface area contributed by atoms with E-state index in [2.05, 4.69) is 15.2 Å². The number of aliphatic imine (C=N–C) groups is 1. The van der Waals surface area contributed by atoms with Gasteiger partial charge >= 0.3 is 11.9 Å². The van der Waals surface area contributed by atoms with Crippen molar-refractivity contribution >= 4 is 52.3 Å². The number of nitrogens with two attached hydrogens (primary N) is 1. The van der Waals surface area contributed by atoms with E-state index in [4.69, 9.17) is 48.1 Å². The van der Waals surface area contributed by atoms with Crippen molar-refractivity contribution in [2.75, 3.05) is 39.5 Å². The second-order valence-corrected chi connectivity index (χ2v) is 10.7. The maximum absolute atomic E-state index is 13.4. The van der Waals surface area contributed by atoms with Gasteiger partial charge in [0.1, 0.15) is 18.7 Å². The summed E-state index contributed by atoms with van der Waals surface area (Å²) in [7, 11) is 0. The van der Waals surface area contributed by atoms with Gasteiger partial charge in [0.2, 0.25) is 0 Å². The van der Waals surface area contributed by atoms with Crippen molar-refractivity contribution in [1.29, 1.82) is 0 Å². The average molecular weight is 597 g/mol. The Bertz CT molecular complexity index is 1240. The fourth-order valence-corrected chi connectivity index (χ4v) is 5.37. The van der Waals surface area contributed by atoms with Crippen LogP contribution in [-0.4, -0.2) is 79.3 Å². The number of benzene rings is 1. The predicted octanol–water partition coefficient (Wildman–Crippen LogP) is 3.34. The number of aromatic nitrogens is 1. The van der Waals surface area contributed by atoms with Gasteiger partial charge in [-0.05, 0) is 25.5 Å². The highest BCUT2D eigenvalue weighted by Gasteiger charge is 2.36. The molecule has 13 heteroatoms. The molecule has 1 aromatic carbocycles. The van der Waals surface area contributed by atoms with Crippen molar-refractivity contribution in [2.24, 2.45) is 10.7 Å². The summed E-state index contributed by atoms with van der Waals surface area (Å²) in [6.07, 6.45) is 2.17. The fourth-order valence-electron chi connectivity index (χ4n) is 4.27. The van der Waals surface area contributed by atoms with Crippen LogP contribution in [0.5, 0.6) is 0 Å². The number of hydrogen-bond donors (Lipinski definition) is 2. The zero-order valence-corrected chi connectivity index (χ0v) is 24.0. The molecule has 3 unspecified atom stereocenters. The molecule has 0 bridgehead atoms. The van der Waals surface area contributed by atoms with Gasteiger partial charge < -0.3 is 25.3 Å². The standard InChI is InChI=1S/C26H31Cl2N5O5S/c1-3-19(29)25(34)38-14-16-13-36-9-8-33(16)12-20-21(26(35)37-4-2)22(17-6-5-15(27)11-18(17)28)32-23(31-20)24-30-7-10-39-24/h5-7,10-11,16,19,22H,3-4,8-9,12-14,29H2,1-2H3,(H,31,32). The van der Waals surface area contributed by atoms with Gasteiger partial charge in [0.25, 0.3) is 0 Å². The molecule has 0 spiro atoms. The molecule has 0 radical (unpaired) electrons. The molecular formula is C26H31Cl2N5O5S. The Morgan fingerprint density at radius 1 is 1.31 bits per heavy atom. The third-order valence-corrected chi connectivity index (χ3v) is 7.73. The second-order valence-electron chi connectivity index (χ2n) is 8.97. The molecule has 0 saturated carbocycles. The number of nitrogens with one attached hydrogen (secondary N) is 1. The van der Waals surface area contributed by atoms with Crippen molar-refractivity contribution in [3.05, 3.63) is 61.7 Å². The monoisotopic (exact) mass is 595 g/mol. The van der Waals surface area contributed by atoms with Crippen LogP contribution < -0.4 is 11.1 Å². The maximum atomic E-state index is 13.4. The normalized spacial score (nSPS) is 20.7. The third-order valence-electron chi connectivity index (χ3n) is 6.38. The molecule has 210 valence electrons. The number of amidine groups is 1. The Labute approximate surface area is 241 Å². The van der Waals surface area contributed by atoms with Crippen molar-refractivity contribution < 1.29 is 23.8 Å². The summed E-state index contributed by atoms with van der Waals surface area (Å²) in [6, 6.07) is 3.40. The summed E-state index contributed by atoms with van der Waals surface area (Å²) in [5, 5.41) is 6.69. The van der Waals surface area contributed by atoms with Gasteiger partial charge in [-0.3, -0.25) is 14.7 Å². The van der Waals surface area contributed by atoms with Crippen molar-refractivity contribution in [2.45, 2.75) is 38.4 Å². The lowest BCUT2D eigenvalue weighted by atomic mass is 9.95. The zero-order valence-electron chi connectivity index (χ0n) is 21.7. The van der Waals surface area contributed by atoms with E-state index >= 15 is 0 Å². The molecule has 2 aromatic rings. The van der Waals surface area contributed by atoms with E-state index < -0.39 is 24.0 Å². The van der Waals surface area contributed by atoms with E-state index in [1.807, 2.05) is 12.3 Å². The van der Waals surface area contributed by atoms with Crippen molar-refractivity contribution in [3.8, 4) is 0 Å². The van der Waals surface area contributed by atoms with Crippen LogP contribution in [0.15, 0.2) is 46.0 Å². The molecule has 2 aliphatic rings. The van der Waals surface area contributed by atoms with E-state index in [1.54, 1.807) is 31.3 Å². The molecular weight excluding hydrogens is 565 g/mol. The highest BCUT2D eigenvalue weighted by Crippen LogP contribution is 2.37. The van der Waals surface area contributed by atoms with Gasteiger partial charge in [0.05, 0.1) is 31.4 Å². The number of esters is 2. The second kappa shape index (κ2) is 13.7. The first-order valence-corrected chi connectivity index (χ1v) is 14.3. The van der Waals surface area contributed by atoms with Crippen LogP contribution in [0.25, 0.3) is 0 Å². The Morgan fingerprint density at radius 3 is 2.82 bits per heavy atom. The largest absolute Gasteiger partial charge is 0.463 e. The Balaban J connectivity index is 1.72. The summed E-state index contributed by atoms with van der Waals surface area (Å²) in [6.45, 7) is 5.58. The smallest absolute Gasteiger partial charge is 0.338 e. The molecule has 10 nitrogen and oxygen atoms in total. The first-order valence-electron chi connectivity index (χ1n) is 12.7. The lowest BCUT2D eigenvalue weighted by molar-refractivity contribution is -0.149. The Morgan fingerprint density at radius 2 is 2.13 bits per heavy atom. The summed E-state index contributed by atoms with van der Waals surface area (Å²) in [5.41, 5.74) is 7.35. The van der Waals surface area contributed by atoms with Gasteiger partial charge in [-0.2, -0.15) is 0 Å². The van der Waals surface area contributed by atoms with Crippen LogP contribution in [-0.2, 0) is 23.8 Å². The topological polar surface area (TPSA) is 128 Å². The minimum absolute atomic E-state index is 0.106. The van der Waals surface area contributed by atoms with Gasteiger partial charge in [-0.1, -0.05) is 36.2 Å². The van der Waals surface area contributed by atoms with Gasteiger partial charge in [-0.15, -0.1) is 11.3 Å². The number of hydrogen-bond acceptors (Lipinski definition) is 11. The zero-order chi connectivity index (χ0) is 27.9. The molecule has 3 heterocycles. The van der Waals surface area contributed by atoms with Crippen LogP contribution in [0.2, 0.25) is 10.0 Å². The molecule has 0 amide bonds. The predicted molar refractivity (Wildman–Crippen MR) is 150 cm³/mol. The number of nitrogens with zero attached hydrogens (tertiary/aromatic N) is 3. The van der Waals surface area contributed by atoms with E-state index in [0.29, 0.717) is 70.4 Å². The number of carbonyl (C=O) groups is 2. The van der Waals surface area contributed by atoms with Crippen LogP contribution >= 0.6 is 34.5 Å². The quantitative estimate of drug-likeness (QED) is 0.397.